The zero-order chi connectivity index (χ0) is 20.8. The number of nitrogens with zero attached hydrogens (tertiary/aromatic N) is 1. The molecule has 0 aliphatic rings. The van der Waals surface area contributed by atoms with Crippen molar-refractivity contribution in [3.8, 4) is 11.3 Å². The molecule has 0 aliphatic carbocycles. The molecule has 150 valence electrons. The summed E-state index contributed by atoms with van der Waals surface area (Å²) in [6.07, 6.45) is 9.51. The molecule has 0 amide bonds. The molecule has 0 aliphatic heterocycles. The summed E-state index contributed by atoms with van der Waals surface area (Å²) in [6.45, 7) is 5.48. The number of benzene rings is 2. The van der Waals surface area contributed by atoms with Gasteiger partial charge < -0.3 is 5.11 Å². The van der Waals surface area contributed by atoms with E-state index in [1.165, 1.54) is 0 Å². The number of allylic oxidation sites excluding steroid dienone is 2. The molecule has 2 nitrogen and oxygen atoms in total. The van der Waals surface area contributed by atoms with Gasteiger partial charge in [-0.25, -0.2) is 8.78 Å². The van der Waals surface area contributed by atoms with E-state index in [9.17, 15) is 13.9 Å². The Kier molecular flexibility index (Phi) is 6.89. The highest BCUT2D eigenvalue weighted by molar-refractivity contribution is 5.86. The first-order chi connectivity index (χ1) is 14.0. The number of pyridine rings is 1. The van der Waals surface area contributed by atoms with Gasteiger partial charge in [0.2, 0.25) is 0 Å². The van der Waals surface area contributed by atoms with Crippen molar-refractivity contribution in [2.75, 3.05) is 0 Å². The highest BCUT2D eigenvalue weighted by Crippen LogP contribution is 2.28. The number of rotatable bonds is 8. The zero-order valence-corrected chi connectivity index (χ0v) is 16.5. The Labute approximate surface area is 170 Å². The van der Waals surface area contributed by atoms with Crippen molar-refractivity contribution >= 4 is 16.8 Å². The number of aliphatic hydroxyl groups is 1. The van der Waals surface area contributed by atoms with Gasteiger partial charge in [0.05, 0.1) is 11.8 Å². The molecule has 0 bridgehead atoms. The lowest BCUT2D eigenvalue weighted by atomic mass is 10.0. The smallest absolute Gasteiger partial charge is 0.168 e. The molecule has 0 saturated heterocycles. The summed E-state index contributed by atoms with van der Waals surface area (Å²) in [7, 11) is 0. The van der Waals surface area contributed by atoms with Crippen LogP contribution < -0.4 is 0 Å². The maximum absolute atomic E-state index is 14.7. The second-order valence-electron chi connectivity index (χ2n) is 7.26. The van der Waals surface area contributed by atoms with Crippen LogP contribution in [0.2, 0.25) is 0 Å². The van der Waals surface area contributed by atoms with Gasteiger partial charge in [0.15, 0.2) is 11.6 Å². The fourth-order valence-electron chi connectivity index (χ4n) is 3.26. The van der Waals surface area contributed by atoms with Crippen molar-refractivity contribution in [3.63, 3.8) is 0 Å². The lowest BCUT2D eigenvalue weighted by Gasteiger charge is -2.08. The molecule has 1 aromatic heterocycles. The van der Waals surface area contributed by atoms with E-state index in [4.69, 9.17) is 0 Å². The van der Waals surface area contributed by atoms with Gasteiger partial charge >= 0.3 is 0 Å². The predicted molar refractivity (Wildman–Crippen MR) is 116 cm³/mol. The first-order valence-electron chi connectivity index (χ1n) is 9.82. The van der Waals surface area contributed by atoms with Crippen molar-refractivity contribution < 1.29 is 13.9 Å². The normalized spacial score (nSPS) is 12.6. The molecule has 0 saturated carbocycles. The minimum Gasteiger partial charge on any atom is -0.393 e. The van der Waals surface area contributed by atoms with Crippen molar-refractivity contribution in [2.45, 2.75) is 38.7 Å². The van der Waals surface area contributed by atoms with E-state index in [2.05, 4.69) is 11.6 Å². The van der Waals surface area contributed by atoms with Crippen LogP contribution >= 0.6 is 0 Å². The second-order valence-corrected chi connectivity index (χ2v) is 7.26. The summed E-state index contributed by atoms with van der Waals surface area (Å²) in [5.41, 5.74) is 1.88. The number of aromatic nitrogens is 1. The van der Waals surface area contributed by atoms with Crippen molar-refractivity contribution in [1.29, 1.82) is 0 Å². The SMILES string of the molecule is C=CCc1ccc2cc(-c3ccc(C=CCCCC(C)O)c(F)c3F)ncc2c1. The van der Waals surface area contributed by atoms with Crippen LogP contribution in [0.25, 0.3) is 28.1 Å². The molecule has 0 radical (unpaired) electrons. The van der Waals surface area contributed by atoms with Gasteiger partial charge in [-0.1, -0.05) is 36.4 Å². The fraction of sp³-hybridized carbons (Fsp3) is 0.240. The number of fused-ring (bicyclic) bond motifs is 1. The van der Waals surface area contributed by atoms with Crippen molar-refractivity contribution in [3.05, 3.63) is 84.1 Å². The number of hydrogen-bond donors (Lipinski definition) is 1. The van der Waals surface area contributed by atoms with E-state index in [1.807, 2.05) is 24.3 Å². The molecule has 1 N–H and O–H groups in total. The Morgan fingerprint density at radius 2 is 1.93 bits per heavy atom. The maximum Gasteiger partial charge on any atom is 0.168 e. The summed E-state index contributed by atoms with van der Waals surface area (Å²) in [6, 6.07) is 10.9. The minimum absolute atomic E-state index is 0.144. The topological polar surface area (TPSA) is 33.1 Å². The van der Waals surface area contributed by atoms with Gasteiger partial charge in [-0.15, -0.1) is 6.58 Å². The van der Waals surface area contributed by atoms with E-state index in [-0.39, 0.29) is 17.2 Å². The minimum atomic E-state index is -0.897. The highest BCUT2D eigenvalue weighted by Gasteiger charge is 2.15. The summed E-state index contributed by atoms with van der Waals surface area (Å²) in [4.78, 5) is 4.34. The van der Waals surface area contributed by atoms with Gasteiger partial charge in [-0.3, -0.25) is 4.98 Å². The summed E-state index contributed by atoms with van der Waals surface area (Å²) in [5.74, 6) is -1.77. The first-order valence-corrected chi connectivity index (χ1v) is 9.82. The second kappa shape index (κ2) is 9.57. The summed E-state index contributed by atoms with van der Waals surface area (Å²) in [5, 5.41) is 11.1. The van der Waals surface area contributed by atoms with Crippen LogP contribution in [0, 0.1) is 11.6 Å². The third kappa shape index (κ3) is 5.15. The average molecular weight is 393 g/mol. The monoisotopic (exact) mass is 393 g/mol. The van der Waals surface area contributed by atoms with Gasteiger partial charge in [-0.2, -0.15) is 0 Å². The van der Waals surface area contributed by atoms with E-state index < -0.39 is 11.6 Å². The molecule has 29 heavy (non-hydrogen) atoms. The van der Waals surface area contributed by atoms with E-state index in [0.29, 0.717) is 18.5 Å². The maximum atomic E-state index is 14.7. The first kappa shape index (κ1) is 20.9. The van der Waals surface area contributed by atoms with Crippen LogP contribution in [-0.2, 0) is 6.42 Å². The van der Waals surface area contributed by atoms with Gasteiger partial charge in [0, 0.05) is 22.7 Å². The molecule has 2 aromatic carbocycles. The Hall–Kier alpha value is -2.85. The van der Waals surface area contributed by atoms with Crippen molar-refractivity contribution in [2.24, 2.45) is 0 Å². The molecule has 0 fully saturated rings. The summed E-state index contributed by atoms with van der Waals surface area (Å²) >= 11 is 0. The predicted octanol–water partition coefficient (Wildman–Crippen LogP) is 6.47. The zero-order valence-electron chi connectivity index (χ0n) is 16.5. The lowest BCUT2D eigenvalue weighted by molar-refractivity contribution is 0.182. The van der Waals surface area contributed by atoms with E-state index in [0.717, 1.165) is 29.2 Å². The Bertz CT molecular complexity index is 1040. The number of aliphatic hydroxyl groups excluding tert-OH is 1. The van der Waals surface area contributed by atoms with E-state index in [1.54, 1.807) is 43.5 Å². The molecule has 0 spiro atoms. The lowest BCUT2D eigenvalue weighted by Crippen LogP contribution is -1.97. The number of hydrogen-bond acceptors (Lipinski definition) is 2. The highest BCUT2D eigenvalue weighted by atomic mass is 19.2. The Morgan fingerprint density at radius 3 is 2.69 bits per heavy atom. The summed E-state index contributed by atoms with van der Waals surface area (Å²) < 4.78 is 29.2. The van der Waals surface area contributed by atoms with Gasteiger partial charge in [0.25, 0.3) is 0 Å². The molecule has 4 heteroatoms. The van der Waals surface area contributed by atoms with Crippen LogP contribution in [0.3, 0.4) is 0 Å². The van der Waals surface area contributed by atoms with Gasteiger partial charge in [-0.05, 0) is 61.8 Å². The largest absolute Gasteiger partial charge is 0.393 e. The Morgan fingerprint density at radius 1 is 1.10 bits per heavy atom. The van der Waals surface area contributed by atoms with E-state index >= 15 is 0 Å². The van der Waals surface area contributed by atoms with Crippen LogP contribution in [0.4, 0.5) is 8.78 Å². The van der Waals surface area contributed by atoms with Crippen LogP contribution in [0.15, 0.2) is 61.3 Å². The molecule has 1 atom stereocenters. The Balaban J connectivity index is 1.83. The molecule has 3 aromatic rings. The molecular formula is C25H25F2NO. The third-order valence-corrected chi connectivity index (χ3v) is 4.84. The van der Waals surface area contributed by atoms with Crippen molar-refractivity contribution in [1.82, 2.24) is 4.98 Å². The van der Waals surface area contributed by atoms with Gasteiger partial charge in [0.1, 0.15) is 0 Å². The third-order valence-electron chi connectivity index (χ3n) is 4.84. The molecule has 3 rings (SSSR count). The quantitative estimate of drug-likeness (QED) is 0.351. The van der Waals surface area contributed by atoms with Crippen LogP contribution in [0.5, 0.6) is 0 Å². The average Bonchev–Trinajstić information content (AvgIpc) is 2.70. The number of halogens is 2. The fourth-order valence-corrected chi connectivity index (χ4v) is 3.26. The van der Waals surface area contributed by atoms with Crippen LogP contribution in [0.1, 0.15) is 37.3 Å². The number of unbranched alkanes of at least 4 members (excludes halogenated alkanes) is 1. The molecule has 1 heterocycles. The molecular weight excluding hydrogens is 368 g/mol. The standard InChI is InChI=1S/C25H25F2NO/c1-3-7-18-10-11-20-15-23(28-16-21(20)14-18)22-13-12-19(24(26)25(22)27)9-6-4-5-8-17(2)29/h3,6,9-17,29H,1,4-5,7-8H2,2H3. The van der Waals surface area contributed by atoms with Crippen LogP contribution in [-0.4, -0.2) is 16.2 Å². The molecule has 1 unspecified atom stereocenters.